The van der Waals surface area contributed by atoms with Gasteiger partial charge in [0.25, 0.3) is 15.9 Å². The molecule has 0 fully saturated rings. The molecule has 2 amide bonds. The van der Waals surface area contributed by atoms with Crippen LogP contribution in [0.15, 0.2) is 77.7 Å². The van der Waals surface area contributed by atoms with Gasteiger partial charge in [0.2, 0.25) is 5.91 Å². The van der Waals surface area contributed by atoms with Gasteiger partial charge in [-0.15, -0.1) is 0 Å². The molecular weight excluding hydrogens is 430 g/mol. The molecule has 3 aromatic rings. The number of nitrogens with two attached hydrogens (primary N) is 1. The number of carbonyl (C=O) groups is 2. The highest BCUT2D eigenvalue weighted by Gasteiger charge is 2.29. The molecule has 0 radical (unpaired) electrons. The first kappa shape index (κ1) is 22.8. The van der Waals surface area contributed by atoms with Gasteiger partial charge in [-0.05, 0) is 43.3 Å². The Morgan fingerprint density at radius 1 is 0.969 bits per heavy atom. The van der Waals surface area contributed by atoms with Gasteiger partial charge in [-0.25, -0.2) is 8.42 Å². The Hall–Kier alpha value is -3.85. The molecule has 3 N–H and O–H groups in total. The number of nitrogens with zero attached hydrogens (tertiary/aromatic N) is 1. The topological polar surface area (TPSA) is 119 Å². The Kier molecular flexibility index (Phi) is 6.79. The molecule has 0 bridgehead atoms. The van der Waals surface area contributed by atoms with Crippen LogP contribution < -0.4 is 20.1 Å². The second-order valence-electron chi connectivity index (χ2n) is 6.95. The average molecular weight is 454 g/mol. The highest BCUT2D eigenvalue weighted by Crippen LogP contribution is 2.32. The van der Waals surface area contributed by atoms with E-state index in [0.29, 0.717) is 0 Å². The fourth-order valence-electron chi connectivity index (χ4n) is 3.10. The summed E-state index contributed by atoms with van der Waals surface area (Å²) >= 11 is 0. The van der Waals surface area contributed by atoms with Crippen LogP contribution in [-0.4, -0.2) is 33.9 Å². The number of para-hydroxylation sites is 3. The minimum atomic E-state index is -4.12. The van der Waals surface area contributed by atoms with E-state index < -0.39 is 28.4 Å². The van der Waals surface area contributed by atoms with Gasteiger partial charge in [0, 0.05) is 0 Å². The Morgan fingerprint density at radius 2 is 1.59 bits per heavy atom. The lowest BCUT2D eigenvalue weighted by Crippen LogP contribution is -2.38. The molecule has 32 heavy (non-hydrogen) atoms. The Labute approximate surface area is 186 Å². The minimum absolute atomic E-state index is 0.0272. The summed E-state index contributed by atoms with van der Waals surface area (Å²) in [4.78, 5) is 24.6. The smallest absolute Gasteiger partial charge is 0.264 e. The van der Waals surface area contributed by atoms with Crippen LogP contribution in [0.25, 0.3) is 0 Å². The van der Waals surface area contributed by atoms with E-state index in [1.165, 1.54) is 31.4 Å². The average Bonchev–Trinajstić information content (AvgIpc) is 2.78. The number of ether oxygens (including phenoxy) is 1. The highest BCUT2D eigenvalue weighted by molar-refractivity contribution is 7.92. The van der Waals surface area contributed by atoms with Gasteiger partial charge in [0.05, 0.1) is 28.9 Å². The third-order valence-electron chi connectivity index (χ3n) is 4.72. The fourth-order valence-corrected chi connectivity index (χ4v) is 4.53. The molecule has 0 unspecified atom stereocenters. The monoisotopic (exact) mass is 453 g/mol. The van der Waals surface area contributed by atoms with Crippen molar-refractivity contribution in [3.63, 3.8) is 0 Å². The summed E-state index contributed by atoms with van der Waals surface area (Å²) in [6.45, 7) is 1.29. The first-order valence-electron chi connectivity index (χ1n) is 9.65. The molecule has 166 valence electrons. The van der Waals surface area contributed by atoms with Crippen molar-refractivity contribution >= 4 is 33.2 Å². The van der Waals surface area contributed by atoms with Crippen molar-refractivity contribution in [1.82, 2.24) is 0 Å². The predicted octanol–water partition coefficient (Wildman–Crippen LogP) is 2.94. The van der Waals surface area contributed by atoms with E-state index in [9.17, 15) is 18.0 Å². The molecule has 0 aliphatic heterocycles. The minimum Gasteiger partial charge on any atom is -0.495 e. The molecule has 0 saturated carbocycles. The van der Waals surface area contributed by atoms with Crippen LogP contribution in [0.2, 0.25) is 0 Å². The summed E-state index contributed by atoms with van der Waals surface area (Å²) in [6, 6.07) is 19.0. The SMILES string of the molecule is COc1ccccc1N(CC(=O)Nc1ccccc1C(N)=O)S(=O)(=O)c1ccc(C)cc1. The van der Waals surface area contributed by atoms with Crippen LogP contribution in [0.3, 0.4) is 0 Å². The quantitative estimate of drug-likeness (QED) is 0.544. The number of aryl methyl sites for hydroxylation is 1. The highest BCUT2D eigenvalue weighted by atomic mass is 32.2. The number of hydrogen-bond donors (Lipinski definition) is 2. The van der Waals surface area contributed by atoms with E-state index in [4.69, 9.17) is 10.5 Å². The van der Waals surface area contributed by atoms with Gasteiger partial charge in [-0.3, -0.25) is 13.9 Å². The lowest BCUT2D eigenvalue weighted by atomic mass is 10.1. The number of methoxy groups -OCH3 is 1. The third-order valence-corrected chi connectivity index (χ3v) is 6.49. The third kappa shape index (κ3) is 4.89. The van der Waals surface area contributed by atoms with E-state index in [1.54, 1.807) is 48.5 Å². The van der Waals surface area contributed by atoms with Gasteiger partial charge in [-0.2, -0.15) is 0 Å². The van der Waals surface area contributed by atoms with Crippen molar-refractivity contribution < 1.29 is 22.7 Å². The molecule has 0 aliphatic carbocycles. The largest absolute Gasteiger partial charge is 0.495 e. The first-order valence-corrected chi connectivity index (χ1v) is 11.1. The predicted molar refractivity (Wildman–Crippen MR) is 122 cm³/mol. The lowest BCUT2D eigenvalue weighted by Gasteiger charge is -2.25. The number of primary amides is 1. The molecule has 0 spiro atoms. The maximum absolute atomic E-state index is 13.5. The summed E-state index contributed by atoms with van der Waals surface area (Å²) in [6.07, 6.45) is 0. The summed E-state index contributed by atoms with van der Waals surface area (Å²) in [5, 5.41) is 2.58. The zero-order valence-corrected chi connectivity index (χ0v) is 18.4. The maximum Gasteiger partial charge on any atom is 0.264 e. The van der Waals surface area contributed by atoms with Gasteiger partial charge in [0.15, 0.2) is 0 Å². The van der Waals surface area contributed by atoms with Crippen molar-refractivity contribution in [2.45, 2.75) is 11.8 Å². The number of hydrogen-bond acceptors (Lipinski definition) is 5. The summed E-state index contributed by atoms with van der Waals surface area (Å²) in [5.41, 5.74) is 6.77. The zero-order chi connectivity index (χ0) is 23.3. The van der Waals surface area contributed by atoms with E-state index >= 15 is 0 Å². The van der Waals surface area contributed by atoms with Crippen LogP contribution in [0.4, 0.5) is 11.4 Å². The fraction of sp³-hybridized carbons (Fsp3) is 0.130. The standard InChI is InChI=1S/C23H23N3O5S/c1-16-11-13-17(14-12-16)32(29,30)26(20-9-5-6-10-21(20)31-2)15-22(27)25-19-8-4-3-7-18(19)23(24)28/h3-14H,15H2,1-2H3,(H2,24,28)(H,25,27). The van der Waals surface area contributed by atoms with Gasteiger partial charge in [-0.1, -0.05) is 42.0 Å². The number of anilines is 2. The zero-order valence-electron chi connectivity index (χ0n) is 17.6. The van der Waals surface area contributed by atoms with Crippen molar-refractivity contribution in [2.24, 2.45) is 5.73 Å². The molecule has 9 heteroatoms. The van der Waals surface area contributed by atoms with Gasteiger partial charge < -0.3 is 15.8 Å². The van der Waals surface area contributed by atoms with Crippen molar-refractivity contribution in [1.29, 1.82) is 0 Å². The molecule has 0 saturated heterocycles. The van der Waals surface area contributed by atoms with E-state index in [-0.39, 0.29) is 27.6 Å². The van der Waals surface area contributed by atoms with E-state index in [1.807, 2.05) is 6.92 Å². The molecule has 0 atom stereocenters. The van der Waals surface area contributed by atoms with Crippen molar-refractivity contribution in [2.75, 3.05) is 23.3 Å². The van der Waals surface area contributed by atoms with Crippen LogP contribution in [0.5, 0.6) is 5.75 Å². The Balaban J connectivity index is 2.01. The van der Waals surface area contributed by atoms with Gasteiger partial charge in [0.1, 0.15) is 12.3 Å². The summed E-state index contributed by atoms with van der Waals surface area (Å²) < 4.78 is 33.3. The molecule has 0 heterocycles. The molecule has 0 aliphatic rings. The molecule has 3 aromatic carbocycles. The first-order chi connectivity index (χ1) is 15.2. The molecule has 0 aromatic heterocycles. The molecule has 8 nitrogen and oxygen atoms in total. The number of amides is 2. The van der Waals surface area contributed by atoms with Crippen LogP contribution in [-0.2, 0) is 14.8 Å². The maximum atomic E-state index is 13.5. The van der Waals surface area contributed by atoms with Crippen LogP contribution in [0.1, 0.15) is 15.9 Å². The van der Waals surface area contributed by atoms with Crippen molar-refractivity contribution in [3.8, 4) is 5.75 Å². The Bertz CT molecular complexity index is 1240. The molecule has 3 rings (SSSR count). The second kappa shape index (κ2) is 9.52. The molecular formula is C23H23N3O5S. The van der Waals surface area contributed by atoms with Crippen LogP contribution in [0, 0.1) is 6.92 Å². The van der Waals surface area contributed by atoms with Gasteiger partial charge >= 0.3 is 0 Å². The van der Waals surface area contributed by atoms with Crippen LogP contribution >= 0.6 is 0 Å². The van der Waals surface area contributed by atoms with Crippen molar-refractivity contribution in [3.05, 3.63) is 83.9 Å². The number of carbonyl (C=O) groups excluding carboxylic acids is 2. The number of benzene rings is 3. The number of rotatable bonds is 8. The van der Waals surface area contributed by atoms with E-state index in [0.717, 1.165) is 9.87 Å². The van der Waals surface area contributed by atoms with E-state index in [2.05, 4.69) is 5.32 Å². The summed E-state index contributed by atoms with van der Waals surface area (Å²) in [5.74, 6) is -1.08. The number of sulfonamides is 1. The Morgan fingerprint density at radius 3 is 2.25 bits per heavy atom. The second-order valence-corrected chi connectivity index (χ2v) is 8.82. The lowest BCUT2D eigenvalue weighted by molar-refractivity contribution is -0.114. The summed E-state index contributed by atoms with van der Waals surface area (Å²) in [7, 11) is -2.70. The normalized spacial score (nSPS) is 10.9. The number of nitrogens with one attached hydrogen (secondary N) is 1.